The largest absolute Gasteiger partial charge is 0.398 e. The Bertz CT molecular complexity index is 778. The monoisotopic (exact) mass is 308 g/mol. The molecule has 6 heteroatoms. The summed E-state index contributed by atoms with van der Waals surface area (Å²) in [5, 5.41) is 0. The zero-order valence-electron chi connectivity index (χ0n) is 12.1. The van der Waals surface area contributed by atoms with Crippen molar-refractivity contribution in [2.24, 2.45) is 0 Å². The predicted molar refractivity (Wildman–Crippen MR) is 82.3 cm³/mol. The number of aryl methyl sites for hydroxylation is 1. The van der Waals surface area contributed by atoms with Crippen LogP contribution in [0.5, 0.6) is 0 Å². The molecule has 4 nitrogen and oxygen atoms in total. The lowest BCUT2D eigenvalue weighted by atomic mass is 10.1. The smallest absolute Gasteiger partial charge is 0.261 e. The SMILES string of the molecule is Cc1cc(S(=O)(=O)Nc2cccc(F)c2C)cc(N)c1C. The molecule has 0 radical (unpaired) electrons. The zero-order chi connectivity index (χ0) is 15.8. The van der Waals surface area contributed by atoms with Crippen LogP contribution in [0.15, 0.2) is 35.2 Å². The number of nitrogens with two attached hydrogens (primary N) is 1. The Kier molecular flexibility index (Phi) is 3.91. The first-order chi connectivity index (χ1) is 9.72. The molecule has 0 spiro atoms. The van der Waals surface area contributed by atoms with Crippen LogP contribution in [0.1, 0.15) is 16.7 Å². The molecule has 2 aromatic rings. The minimum Gasteiger partial charge on any atom is -0.398 e. The molecule has 0 aliphatic heterocycles. The van der Waals surface area contributed by atoms with E-state index in [0.29, 0.717) is 5.69 Å². The summed E-state index contributed by atoms with van der Waals surface area (Å²) in [6, 6.07) is 7.19. The van der Waals surface area contributed by atoms with Crippen LogP contribution >= 0.6 is 0 Å². The van der Waals surface area contributed by atoms with Gasteiger partial charge in [-0.1, -0.05) is 6.07 Å². The highest BCUT2D eigenvalue weighted by Gasteiger charge is 2.18. The summed E-state index contributed by atoms with van der Waals surface area (Å²) in [4.78, 5) is 0.0618. The number of nitrogen functional groups attached to an aromatic ring is 1. The number of hydrogen-bond donors (Lipinski definition) is 2. The van der Waals surface area contributed by atoms with Crippen molar-refractivity contribution in [2.75, 3.05) is 10.5 Å². The maximum absolute atomic E-state index is 13.5. The van der Waals surface area contributed by atoms with Gasteiger partial charge in [0.1, 0.15) is 5.82 Å². The van der Waals surface area contributed by atoms with E-state index in [1.54, 1.807) is 13.0 Å². The molecular formula is C15H17FN2O2S. The van der Waals surface area contributed by atoms with E-state index < -0.39 is 15.8 Å². The molecule has 0 aliphatic rings. The van der Waals surface area contributed by atoms with Gasteiger partial charge in [-0.2, -0.15) is 0 Å². The fraction of sp³-hybridized carbons (Fsp3) is 0.200. The van der Waals surface area contributed by atoms with Gasteiger partial charge in [-0.15, -0.1) is 0 Å². The molecule has 2 aromatic carbocycles. The van der Waals surface area contributed by atoms with E-state index >= 15 is 0 Å². The fourth-order valence-corrected chi connectivity index (χ4v) is 3.17. The van der Waals surface area contributed by atoms with Crippen LogP contribution in [0, 0.1) is 26.6 Å². The Morgan fingerprint density at radius 3 is 2.38 bits per heavy atom. The second-order valence-electron chi connectivity index (χ2n) is 4.97. The van der Waals surface area contributed by atoms with Gasteiger partial charge in [0.2, 0.25) is 0 Å². The molecule has 0 aliphatic carbocycles. The maximum Gasteiger partial charge on any atom is 0.261 e. The molecule has 0 unspecified atom stereocenters. The highest BCUT2D eigenvalue weighted by Crippen LogP contribution is 2.25. The van der Waals surface area contributed by atoms with Gasteiger partial charge in [-0.05, 0) is 56.2 Å². The van der Waals surface area contributed by atoms with Gasteiger partial charge in [0, 0.05) is 11.3 Å². The summed E-state index contributed by atoms with van der Waals surface area (Å²) < 4.78 is 40.7. The number of benzene rings is 2. The van der Waals surface area contributed by atoms with Gasteiger partial charge in [-0.3, -0.25) is 4.72 Å². The van der Waals surface area contributed by atoms with E-state index in [2.05, 4.69) is 4.72 Å². The molecule has 112 valence electrons. The Hall–Kier alpha value is -2.08. The first-order valence-electron chi connectivity index (χ1n) is 6.37. The molecule has 21 heavy (non-hydrogen) atoms. The van der Waals surface area contributed by atoms with Crippen LogP contribution in [-0.4, -0.2) is 8.42 Å². The Morgan fingerprint density at radius 1 is 1.10 bits per heavy atom. The third-order valence-electron chi connectivity index (χ3n) is 3.50. The van der Waals surface area contributed by atoms with E-state index in [1.165, 1.54) is 31.2 Å². The normalized spacial score (nSPS) is 11.4. The predicted octanol–water partition coefficient (Wildman–Crippen LogP) is 3.13. The second kappa shape index (κ2) is 5.37. The summed E-state index contributed by atoms with van der Waals surface area (Å²) in [5.41, 5.74) is 8.31. The lowest BCUT2D eigenvalue weighted by Gasteiger charge is -2.13. The fourth-order valence-electron chi connectivity index (χ4n) is 1.93. The minimum atomic E-state index is -3.81. The number of halogens is 1. The summed E-state index contributed by atoms with van der Waals surface area (Å²) >= 11 is 0. The molecule has 0 heterocycles. The molecule has 2 rings (SSSR count). The van der Waals surface area contributed by atoms with E-state index in [0.717, 1.165) is 11.1 Å². The molecule has 0 saturated heterocycles. The van der Waals surface area contributed by atoms with Crippen molar-refractivity contribution in [3.8, 4) is 0 Å². The van der Waals surface area contributed by atoms with Gasteiger partial charge in [0.25, 0.3) is 10.0 Å². The van der Waals surface area contributed by atoms with Gasteiger partial charge >= 0.3 is 0 Å². The van der Waals surface area contributed by atoms with Crippen LogP contribution in [-0.2, 0) is 10.0 Å². The van der Waals surface area contributed by atoms with Crippen LogP contribution in [0.3, 0.4) is 0 Å². The minimum absolute atomic E-state index is 0.0618. The standard InChI is InChI=1S/C15H17FN2O2S/c1-9-7-12(8-14(17)10(9)2)21(19,20)18-15-6-4-5-13(16)11(15)3/h4-8,18H,17H2,1-3H3. The summed E-state index contributed by atoms with van der Waals surface area (Å²) in [5.74, 6) is -0.463. The Balaban J connectivity index is 2.46. The van der Waals surface area contributed by atoms with Crippen molar-refractivity contribution in [3.05, 3.63) is 52.8 Å². The molecule has 0 fully saturated rings. The van der Waals surface area contributed by atoms with Crippen molar-refractivity contribution in [1.82, 2.24) is 0 Å². The lowest BCUT2D eigenvalue weighted by Crippen LogP contribution is -2.15. The first-order valence-corrected chi connectivity index (χ1v) is 7.85. The van der Waals surface area contributed by atoms with Gasteiger partial charge < -0.3 is 5.73 Å². The third kappa shape index (κ3) is 3.00. The quantitative estimate of drug-likeness (QED) is 0.856. The number of hydrogen-bond acceptors (Lipinski definition) is 3. The topological polar surface area (TPSA) is 72.2 Å². The van der Waals surface area contributed by atoms with Crippen molar-refractivity contribution in [2.45, 2.75) is 25.7 Å². The Morgan fingerprint density at radius 2 is 1.76 bits per heavy atom. The summed E-state index contributed by atoms with van der Waals surface area (Å²) in [6.45, 7) is 5.13. The molecule has 0 amide bonds. The number of rotatable bonds is 3. The van der Waals surface area contributed by atoms with Gasteiger partial charge in [-0.25, -0.2) is 12.8 Å². The van der Waals surface area contributed by atoms with Crippen molar-refractivity contribution >= 4 is 21.4 Å². The van der Waals surface area contributed by atoms with E-state index in [4.69, 9.17) is 5.73 Å². The average Bonchev–Trinajstić information content (AvgIpc) is 2.40. The average molecular weight is 308 g/mol. The van der Waals surface area contributed by atoms with Crippen LogP contribution in [0.4, 0.5) is 15.8 Å². The van der Waals surface area contributed by atoms with Crippen LogP contribution < -0.4 is 10.5 Å². The van der Waals surface area contributed by atoms with Crippen molar-refractivity contribution < 1.29 is 12.8 Å². The molecule has 0 aromatic heterocycles. The highest BCUT2D eigenvalue weighted by molar-refractivity contribution is 7.92. The molecule has 0 saturated carbocycles. The van der Waals surface area contributed by atoms with Gasteiger partial charge in [0.15, 0.2) is 0 Å². The lowest BCUT2D eigenvalue weighted by molar-refractivity contribution is 0.600. The zero-order valence-corrected chi connectivity index (χ0v) is 12.9. The number of nitrogens with one attached hydrogen (secondary N) is 1. The number of sulfonamides is 1. The summed E-state index contributed by atoms with van der Waals surface area (Å²) in [6.07, 6.45) is 0. The molecule has 0 bridgehead atoms. The van der Waals surface area contributed by atoms with Crippen LogP contribution in [0.25, 0.3) is 0 Å². The highest BCUT2D eigenvalue weighted by atomic mass is 32.2. The van der Waals surface area contributed by atoms with E-state index in [-0.39, 0.29) is 16.1 Å². The van der Waals surface area contributed by atoms with Gasteiger partial charge in [0.05, 0.1) is 10.6 Å². The summed E-state index contributed by atoms with van der Waals surface area (Å²) in [7, 11) is -3.81. The van der Waals surface area contributed by atoms with Crippen molar-refractivity contribution in [1.29, 1.82) is 0 Å². The third-order valence-corrected chi connectivity index (χ3v) is 4.85. The first kappa shape index (κ1) is 15.3. The molecule has 3 N–H and O–H groups in total. The van der Waals surface area contributed by atoms with E-state index in [1.807, 2.05) is 6.92 Å². The van der Waals surface area contributed by atoms with E-state index in [9.17, 15) is 12.8 Å². The molecular weight excluding hydrogens is 291 g/mol. The van der Waals surface area contributed by atoms with Crippen LogP contribution in [0.2, 0.25) is 0 Å². The Labute approximate surface area is 123 Å². The molecule has 0 atom stereocenters. The maximum atomic E-state index is 13.5. The number of anilines is 2. The van der Waals surface area contributed by atoms with Crippen molar-refractivity contribution in [3.63, 3.8) is 0 Å². The second-order valence-corrected chi connectivity index (χ2v) is 6.65.